The van der Waals surface area contributed by atoms with Gasteiger partial charge in [-0.05, 0) is 48.8 Å². The summed E-state index contributed by atoms with van der Waals surface area (Å²) in [7, 11) is 2.09. The van der Waals surface area contributed by atoms with Crippen LogP contribution in [0.5, 0.6) is 0 Å². The fraction of sp³-hybridized carbons (Fsp3) is 0.0526. The van der Waals surface area contributed by atoms with Crippen molar-refractivity contribution in [2.45, 2.75) is 6.92 Å². The van der Waals surface area contributed by atoms with Gasteiger partial charge in [0.2, 0.25) is 0 Å². The van der Waals surface area contributed by atoms with Crippen LogP contribution < -0.4 is 9.80 Å². The van der Waals surface area contributed by atoms with Gasteiger partial charge in [-0.1, -0.05) is 66.2 Å². The van der Waals surface area contributed by atoms with Crippen LogP contribution in [-0.4, -0.2) is 16.4 Å². The SMILES string of the molecule is CN1[CH-]N(c2[c-]c3c(cc2)c2cccc4c5ccccc5n3c24)c2ccccc21.Cc1ccc(-c2[c-]cccc2)nc1.[Ir+3]. The molecule has 0 bridgehead atoms. The van der Waals surface area contributed by atoms with Crippen LogP contribution in [0.4, 0.5) is 17.1 Å². The Bertz CT molecular complexity index is 2200. The van der Waals surface area contributed by atoms with Gasteiger partial charge >= 0.3 is 20.1 Å². The topological polar surface area (TPSA) is 23.8 Å². The van der Waals surface area contributed by atoms with Crippen LogP contribution in [0.2, 0.25) is 0 Å². The normalized spacial score (nSPS) is 12.5. The third-order valence-electron chi connectivity index (χ3n) is 8.08. The van der Waals surface area contributed by atoms with Crippen molar-refractivity contribution in [3.63, 3.8) is 0 Å². The third kappa shape index (κ3) is 4.44. The molecule has 0 unspecified atom stereocenters. The molecule has 0 aliphatic carbocycles. The number of benzene rings is 5. The molecule has 43 heavy (non-hydrogen) atoms. The summed E-state index contributed by atoms with van der Waals surface area (Å²) in [6.07, 6.45) is 1.87. The van der Waals surface area contributed by atoms with E-state index in [0.29, 0.717) is 0 Å². The Hall–Kier alpha value is -4.70. The van der Waals surface area contributed by atoms with Gasteiger partial charge in [0.05, 0.1) is 5.52 Å². The molecular weight excluding hydrogens is 705 g/mol. The van der Waals surface area contributed by atoms with Gasteiger partial charge < -0.3 is 19.2 Å². The summed E-state index contributed by atoms with van der Waals surface area (Å²) < 4.78 is 2.38. The molecule has 0 radical (unpaired) electrons. The van der Waals surface area contributed by atoms with Crippen LogP contribution in [0, 0.1) is 25.7 Å². The van der Waals surface area contributed by atoms with E-state index in [1.54, 1.807) is 0 Å². The molecule has 1 aliphatic rings. The van der Waals surface area contributed by atoms with E-state index in [4.69, 9.17) is 0 Å². The summed E-state index contributed by atoms with van der Waals surface area (Å²) in [4.78, 5) is 8.70. The number of hydrogen-bond donors (Lipinski definition) is 0. The average Bonchev–Trinajstić information content (AvgIpc) is 3.69. The smallest absolute Gasteiger partial charge is 0.504 e. The van der Waals surface area contributed by atoms with Crippen molar-refractivity contribution in [2.75, 3.05) is 16.8 Å². The van der Waals surface area contributed by atoms with E-state index in [-0.39, 0.29) is 20.1 Å². The molecule has 4 heterocycles. The Labute approximate surface area is 264 Å². The minimum absolute atomic E-state index is 0. The van der Waals surface area contributed by atoms with Gasteiger partial charge in [0.15, 0.2) is 0 Å². The third-order valence-corrected chi connectivity index (χ3v) is 8.08. The number of aromatic nitrogens is 2. The van der Waals surface area contributed by atoms with E-state index in [2.05, 4.69) is 130 Å². The molecule has 0 saturated carbocycles. The van der Waals surface area contributed by atoms with Gasteiger partial charge in [-0.15, -0.1) is 59.1 Å². The first-order valence-corrected chi connectivity index (χ1v) is 14.1. The standard InChI is InChI=1S/C26H17N3.C12H10N.Ir/c1-27-16-28(24-12-5-4-11-23(24)27)17-13-14-19-21-9-6-8-20-18-7-2-3-10-22(18)29(26(20)21)25(19)15-17;1-10-7-8-12(13-9-10)11-5-3-2-4-6-11;/h2-14,16H,1H3;2-5,7-9H,1H3;/q-2;-1;+3. The van der Waals surface area contributed by atoms with E-state index in [9.17, 15) is 0 Å². The quantitative estimate of drug-likeness (QED) is 0.166. The van der Waals surface area contributed by atoms with Gasteiger partial charge in [-0.2, -0.15) is 12.7 Å². The first-order chi connectivity index (χ1) is 20.7. The van der Waals surface area contributed by atoms with Crippen LogP contribution in [-0.2, 0) is 20.1 Å². The zero-order valence-corrected chi connectivity index (χ0v) is 26.1. The van der Waals surface area contributed by atoms with E-state index in [0.717, 1.165) is 22.5 Å². The molecule has 5 aromatic carbocycles. The number of pyridine rings is 1. The van der Waals surface area contributed by atoms with Crippen LogP contribution in [0.25, 0.3) is 49.4 Å². The average molecular weight is 732 g/mol. The van der Waals surface area contributed by atoms with Gasteiger partial charge in [0.25, 0.3) is 0 Å². The minimum Gasteiger partial charge on any atom is -0.504 e. The molecule has 0 amide bonds. The molecule has 0 saturated heterocycles. The summed E-state index contributed by atoms with van der Waals surface area (Å²) in [6.45, 7) is 4.17. The largest absolute Gasteiger partial charge is 3.00 e. The number of fused-ring (bicyclic) bond motifs is 7. The van der Waals surface area contributed by atoms with Crippen LogP contribution in [0.15, 0.2) is 121 Å². The molecule has 3 aromatic heterocycles. The molecule has 5 heteroatoms. The number of aryl methyl sites for hydroxylation is 1. The van der Waals surface area contributed by atoms with E-state index < -0.39 is 0 Å². The Morgan fingerprint density at radius 2 is 1.44 bits per heavy atom. The first kappa shape index (κ1) is 27.2. The molecular formula is C38H27IrN4. The Balaban J connectivity index is 0.000000182. The fourth-order valence-electron chi connectivity index (χ4n) is 6.11. The predicted octanol–water partition coefficient (Wildman–Crippen LogP) is 9.20. The van der Waals surface area contributed by atoms with Crippen molar-refractivity contribution >= 4 is 55.2 Å². The second kappa shape index (κ2) is 10.9. The molecule has 1 aliphatic heterocycles. The number of rotatable bonds is 2. The van der Waals surface area contributed by atoms with Crippen LogP contribution in [0.3, 0.4) is 0 Å². The van der Waals surface area contributed by atoms with Crippen molar-refractivity contribution < 1.29 is 20.1 Å². The molecule has 0 atom stereocenters. The number of hydrogen-bond acceptors (Lipinski definition) is 3. The Morgan fingerprint density at radius 1 is 0.698 bits per heavy atom. The minimum atomic E-state index is 0. The van der Waals surface area contributed by atoms with Crippen molar-refractivity contribution in [3.8, 4) is 11.3 Å². The molecule has 0 N–H and O–H groups in total. The Morgan fingerprint density at radius 3 is 2.23 bits per heavy atom. The zero-order chi connectivity index (χ0) is 28.2. The Kier molecular flexibility index (Phi) is 6.85. The monoisotopic (exact) mass is 732 g/mol. The maximum absolute atomic E-state index is 4.32. The summed E-state index contributed by atoms with van der Waals surface area (Å²) in [6, 6.07) is 47.0. The van der Waals surface area contributed by atoms with Crippen molar-refractivity contribution in [3.05, 3.63) is 146 Å². The van der Waals surface area contributed by atoms with Gasteiger partial charge in [0.1, 0.15) is 0 Å². The number of anilines is 3. The zero-order valence-electron chi connectivity index (χ0n) is 23.7. The van der Waals surface area contributed by atoms with E-state index in [1.165, 1.54) is 49.5 Å². The fourth-order valence-corrected chi connectivity index (χ4v) is 6.11. The van der Waals surface area contributed by atoms with Crippen molar-refractivity contribution in [2.24, 2.45) is 0 Å². The molecule has 8 aromatic rings. The van der Waals surface area contributed by atoms with E-state index >= 15 is 0 Å². The van der Waals surface area contributed by atoms with E-state index in [1.807, 2.05) is 43.5 Å². The number of para-hydroxylation sites is 4. The second-order valence-corrected chi connectivity index (χ2v) is 10.7. The van der Waals surface area contributed by atoms with Crippen LogP contribution >= 0.6 is 0 Å². The second-order valence-electron chi connectivity index (χ2n) is 10.7. The van der Waals surface area contributed by atoms with Gasteiger partial charge in [-0.3, -0.25) is 0 Å². The van der Waals surface area contributed by atoms with Gasteiger partial charge in [-0.25, -0.2) is 0 Å². The molecule has 0 spiro atoms. The molecule has 9 rings (SSSR count). The predicted molar refractivity (Wildman–Crippen MR) is 174 cm³/mol. The van der Waals surface area contributed by atoms with Crippen LogP contribution in [0.1, 0.15) is 5.56 Å². The molecule has 208 valence electrons. The summed E-state index contributed by atoms with van der Waals surface area (Å²) in [5, 5.41) is 5.15. The maximum atomic E-state index is 4.32. The molecule has 0 fully saturated rings. The molecule has 4 nitrogen and oxygen atoms in total. The number of nitrogens with zero attached hydrogens (tertiary/aromatic N) is 4. The van der Waals surface area contributed by atoms with Crippen molar-refractivity contribution in [1.29, 1.82) is 0 Å². The summed E-state index contributed by atoms with van der Waals surface area (Å²) >= 11 is 0. The van der Waals surface area contributed by atoms with Crippen molar-refractivity contribution in [1.82, 2.24) is 9.38 Å². The van der Waals surface area contributed by atoms with Gasteiger partial charge in [0, 0.05) is 33.9 Å². The summed E-state index contributed by atoms with van der Waals surface area (Å²) in [5.41, 5.74) is 10.3. The first-order valence-electron chi connectivity index (χ1n) is 14.1. The summed E-state index contributed by atoms with van der Waals surface area (Å²) in [5.74, 6) is 0. The maximum Gasteiger partial charge on any atom is 3.00 e.